The minimum atomic E-state index is 0.250. The normalized spacial score (nSPS) is 10.1. The van der Waals surface area contributed by atoms with Crippen LogP contribution >= 0.6 is 0 Å². The van der Waals surface area contributed by atoms with E-state index in [1.165, 1.54) is 70.6 Å². The molecule has 118 valence electrons. The van der Waals surface area contributed by atoms with Crippen LogP contribution in [-0.4, -0.2) is 30.0 Å². The van der Waals surface area contributed by atoms with Crippen molar-refractivity contribution in [1.29, 1.82) is 0 Å². The fourth-order valence-corrected chi connectivity index (χ4v) is 2.02. The SMILES string of the molecule is CCO.NCCCCCCCCCCCCCCO. The minimum Gasteiger partial charge on any atom is -0.397 e. The first-order valence-corrected chi connectivity index (χ1v) is 8.25. The molecule has 19 heavy (non-hydrogen) atoms. The Labute approximate surface area is 120 Å². The van der Waals surface area contributed by atoms with Gasteiger partial charge in [0.2, 0.25) is 0 Å². The van der Waals surface area contributed by atoms with Gasteiger partial charge in [0.15, 0.2) is 0 Å². The summed E-state index contributed by atoms with van der Waals surface area (Å²) >= 11 is 0. The number of aliphatic hydroxyl groups is 2. The van der Waals surface area contributed by atoms with Gasteiger partial charge in [0.1, 0.15) is 0 Å². The van der Waals surface area contributed by atoms with Crippen LogP contribution in [-0.2, 0) is 0 Å². The Kier molecular flexibility index (Phi) is 25.7. The summed E-state index contributed by atoms with van der Waals surface area (Å²) in [5.74, 6) is 0. The Hall–Kier alpha value is -0.120. The van der Waals surface area contributed by atoms with E-state index in [1.54, 1.807) is 6.92 Å². The van der Waals surface area contributed by atoms with Gasteiger partial charge in [-0.25, -0.2) is 0 Å². The molecule has 3 heteroatoms. The quantitative estimate of drug-likeness (QED) is 0.450. The molecule has 0 heterocycles. The van der Waals surface area contributed by atoms with E-state index in [0.29, 0.717) is 6.61 Å². The molecule has 0 radical (unpaired) electrons. The van der Waals surface area contributed by atoms with Crippen LogP contribution in [0.2, 0.25) is 0 Å². The molecular weight excluding hydrogens is 238 g/mol. The van der Waals surface area contributed by atoms with E-state index in [1.807, 2.05) is 0 Å². The number of rotatable bonds is 13. The summed E-state index contributed by atoms with van der Waals surface area (Å²) in [6.45, 7) is 3.15. The van der Waals surface area contributed by atoms with Crippen LogP contribution in [0.3, 0.4) is 0 Å². The van der Waals surface area contributed by atoms with Crippen molar-refractivity contribution in [3.8, 4) is 0 Å². The van der Waals surface area contributed by atoms with Crippen molar-refractivity contribution in [2.75, 3.05) is 19.8 Å². The molecule has 0 aliphatic rings. The first-order chi connectivity index (χ1) is 9.33. The second kappa shape index (κ2) is 23.0. The van der Waals surface area contributed by atoms with Crippen LogP contribution in [0.15, 0.2) is 0 Å². The molecule has 0 spiro atoms. The first-order valence-electron chi connectivity index (χ1n) is 8.25. The van der Waals surface area contributed by atoms with Gasteiger partial charge in [-0.2, -0.15) is 0 Å². The fourth-order valence-electron chi connectivity index (χ4n) is 2.02. The summed E-state index contributed by atoms with van der Waals surface area (Å²) < 4.78 is 0. The first kappa shape index (κ1) is 21.2. The highest BCUT2D eigenvalue weighted by Crippen LogP contribution is 2.11. The Morgan fingerprint density at radius 3 is 1.11 bits per heavy atom. The molecule has 0 fully saturated rings. The molecule has 0 aromatic heterocycles. The highest BCUT2D eigenvalue weighted by Gasteiger charge is 1.92. The lowest BCUT2D eigenvalue weighted by Gasteiger charge is -2.02. The number of hydrogen-bond acceptors (Lipinski definition) is 3. The smallest absolute Gasteiger partial charge is 0.0431 e. The van der Waals surface area contributed by atoms with Crippen molar-refractivity contribution < 1.29 is 10.2 Å². The summed E-state index contributed by atoms with van der Waals surface area (Å²) in [7, 11) is 0. The van der Waals surface area contributed by atoms with Crippen molar-refractivity contribution in [3.05, 3.63) is 0 Å². The zero-order valence-corrected chi connectivity index (χ0v) is 13.1. The van der Waals surface area contributed by atoms with Gasteiger partial charge in [0.25, 0.3) is 0 Å². The highest BCUT2D eigenvalue weighted by atomic mass is 16.3. The average molecular weight is 275 g/mol. The Morgan fingerprint density at radius 2 is 0.842 bits per heavy atom. The van der Waals surface area contributed by atoms with Crippen LogP contribution in [0.1, 0.15) is 84.0 Å². The molecule has 0 aliphatic carbocycles. The molecule has 3 nitrogen and oxygen atoms in total. The molecule has 0 rings (SSSR count). The second-order valence-electron chi connectivity index (χ2n) is 5.07. The third-order valence-corrected chi connectivity index (χ3v) is 3.11. The Bertz CT molecular complexity index is 118. The number of nitrogens with two attached hydrogens (primary N) is 1. The fraction of sp³-hybridized carbons (Fsp3) is 1.00. The molecule has 0 aliphatic heterocycles. The van der Waals surface area contributed by atoms with Crippen molar-refractivity contribution in [2.45, 2.75) is 84.0 Å². The molecule has 0 atom stereocenters. The summed E-state index contributed by atoms with van der Waals surface area (Å²) in [6, 6.07) is 0. The molecule has 0 saturated heterocycles. The monoisotopic (exact) mass is 275 g/mol. The van der Waals surface area contributed by atoms with Gasteiger partial charge in [-0.05, 0) is 26.3 Å². The average Bonchev–Trinajstić information content (AvgIpc) is 2.41. The molecule has 0 saturated carbocycles. The van der Waals surface area contributed by atoms with Crippen LogP contribution < -0.4 is 5.73 Å². The van der Waals surface area contributed by atoms with Crippen LogP contribution in [0.4, 0.5) is 0 Å². The molecule has 0 aromatic rings. The van der Waals surface area contributed by atoms with Crippen molar-refractivity contribution in [2.24, 2.45) is 5.73 Å². The van der Waals surface area contributed by atoms with Crippen molar-refractivity contribution in [1.82, 2.24) is 0 Å². The van der Waals surface area contributed by atoms with Gasteiger partial charge in [0, 0.05) is 13.2 Å². The summed E-state index contributed by atoms with van der Waals surface area (Å²) in [5.41, 5.74) is 5.44. The topological polar surface area (TPSA) is 66.5 Å². The van der Waals surface area contributed by atoms with Gasteiger partial charge >= 0.3 is 0 Å². The largest absolute Gasteiger partial charge is 0.397 e. The van der Waals surface area contributed by atoms with Gasteiger partial charge in [-0.3, -0.25) is 0 Å². The zero-order chi connectivity index (χ0) is 14.6. The summed E-state index contributed by atoms with van der Waals surface area (Å²) in [5, 5.41) is 16.2. The molecule has 0 bridgehead atoms. The van der Waals surface area contributed by atoms with E-state index in [2.05, 4.69) is 0 Å². The lowest BCUT2D eigenvalue weighted by atomic mass is 10.1. The number of hydrogen-bond donors (Lipinski definition) is 3. The summed E-state index contributed by atoms with van der Waals surface area (Å²) in [6.07, 6.45) is 15.7. The molecular formula is C16H37NO2. The van der Waals surface area contributed by atoms with Crippen LogP contribution in [0.5, 0.6) is 0 Å². The summed E-state index contributed by atoms with van der Waals surface area (Å²) in [4.78, 5) is 0. The zero-order valence-electron chi connectivity index (χ0n) is 13.1. The van der Waals surface area contributed by atoms with Gasteiger partial charge in [-0.1, -0.05) is 64.2 Å². The molecule has 0 aromatic carbocycles. The Balaban J connectivity index is 0. The maximum Gasteiger partial charge on any atom is 0.0431 e. The number of aliphatic hydroxyl groups excluding tert-OH is 2. The van der Waals surface area contributed by atoms with Gasteiger partial charge in [-0.15, -0.1) is 0 Å². The standard InChI is InChI=1S/C14H31NO.C2H6O/c15-13-11-9-7-5-3-1-2-4-6-8-10-12-14-16;1-2-3/h16H,1-15H2;3H,2H2,1H3. The third kappa shape index (κ3) is 27.2. The minimum absolute atomic E-state index is 0.250. The molecule has 0 unspecified atom stereocenters. The van der Waals surface area contributed by atoms with E-state index < -0.39 is 0 Å². The van der Waals surface area contributed by atoms with E-state index >= 15 is 0 Å². The van der Waals surface area contributed by atoms with Gasteiger partial charge < -0.3 is 15.9 Å². The predicted octanol–water partition coefficient (Wildman–Crippen LogP) is 3.62. The third-order valence-electron chi connectivity index (χ3n) is 3.11. The number of unbranched alkanes of at least 4 members (excludes halogenated alkanes) is 11. The maximum atomic E-state index is 8.62. The highest BCUT2D eigenvalue weighted by molar-refractivity contribution is 4.48. The van der Waals surface area contributed by atoms with Gasteiger partial charge in [0.05, 0.1) is 0 Å². The van der Waals surface area contributed by atoms with Crippen molar-refractivity contribution in [3.63, 3.8) is 0 Å². The molecule has 0 amide bonds. The molecule has 4 N–H and O–H groups in total. The van der Waals surface area contributed by atoms with Crippen LogP contribution in [0.25, 0.3) is 0 Å². The van der Waals surface area contributed by atoms with Crippen LogP contribution in [0, 0.1) is 0 Å². The predicted molar refractivity (Wildman–Crippen MR) is 84.3 cm³/mol. The lowest BCUT2D eigenvalue weighted by molar-refractivity contribution is 0.282. The van der Waals surface area contributed by atoms with E-state index in [4.69, 9.17) is 15.9 Å². The Morgan fingerprint density at radius 1 is 0.579 bits per heavy atom. The van der Waals surface area contributed by atoms with E-state index in [0.717, 1.165) is 13.0 Å². The van der Waals surface area contributed by atoms with E-state index in [9.17, 15) is 0 Å². The second-order valence-corrected chi connectivity index (χ2v) is 5.07. The van der Waals surface area contributed by atoms with Crippen molar-refractivity contribution >= 4 is 0 Å². The maximum absolute atomic E-state index is 8.62. The lowest BCUT2D eigenvalue weighted by Crippen LogP contribution is -1.97. The van der Waals surface area contributed by atoms with E-state index in [-0.39, 0.29) is 6.61 Å².